The summed E-state index contributed by atoms with van der Waals surface area (Å²) in [6, 6.07) is -0.0161. The fourth-order valence-corrected chi connectivity index (χ4v) is 1.97. The van der Waals surface area contributed by atoms with Crippen molar-refractivity contribution in [3.05, 3.63) is 18.2 Å². The van der Waals surface area contributed by atoms with Crippen molar-refractivity contribution in [1.82, 2.24) is 20.2 Å². The maximum Gasteiger partial charge on any atom is 0.237 e. The molecular formula is C11H18N4O. The molecule has 1 fully saturated rings. The Hall–Kier alpha value is -1.36. The van der Waals surface area contributed by atoms with Crippen LogP contribution in [-0.2, 0) is 11.3 Å². The summed E-state index contributed by atoms with van der Waals surface area (Å²) in [5.41, 5.74) is 0. The monoisotopic (exact) mass is 222 g/mol. The molecule has 0 radical (unpaired) electrons. The predicted molar refractivity (Wildman–Crippen MR) is 61.0 cm³/mol. The number of nitrogens with one attached hydrogen (secondary N) is 2. The molecule has 1 aliphatic rings. The number of imidazole rings is 1. The van der Waals surface area contributed by atoms with Crippen molar-refractivity contribution in [3.63, 3.8) is 0 Å². The molecule has 16 heavy (non-hydrogen) atoms. The van der Waals surface area contributed by atoms with E-state index in [4.69, 9.17) is 0 Å². The van der Waals surface area contributed by atoms with Crippen molar-refractivity contribution in [3.8, 4) is 0 Å². The number of hydrogen-bond donors (Lipinski definition) is 2. The zero-order valence-electron chi connectivity index (χ0n) is 9.57. The summed E-state index contributed by atoms with van der Waals surface area (Å²) in [4.78, 5) is 15.6. The second-order valence-corrected chi connectivity index (χ2v) is 4.11. The van der Waals surface area contributed by atoms with Gasteiger partial charge < -0.3 is 15.2 Å². The van der Waals surface area contributed by atoms with Gasteiger partial charge in [0.15, 0.2) is 0 Å². The third-order valence-electron chi connectivity index (χ3n) is 2.95. The number of nitrogens with zero attached hydrogens (tertiary/aromatic N) is 2. The van der Waals surface area contributed by atoms with Gasteiger partial charge in [0.05, 0.1) is 6.04 Å². The number of carbonyl (C=O) groups excluding carboxylic acids is 1. The van der Waals surface area contributed by atoms with Crippen LogP contribution in [0.4, 0.5) is 0 Å². The van der Waals surface area contributed by atoms with Crippen LogP contribution in [0.2, 0.25) is 0 Å². The van der Waals surface area contributed by atoms with E-state index in [0.717, 1.165) is 38.3 Å². The first-order valence-electron chi connectivity index (χ1n) is 5.76. The zero-order chi connectivity index (χ0) is 11.4. The molecular weight excluding hydrogens is 204 g/mol. The molecule has 1 unspecified atom stereocenters. The number of hydrogen-bond acceptors (Lipinski definition) is 3. The van der Waals surface area contributed by atoms with Gasteiger partial charge in [-0.05, 0) is 19.8 Å². The average molecular weight is 222 g/mol. The molecule has 1 atom stereocenters. The van der Waals surface area contributed by atoms with Gasteiger partial charge in [-0.15, -0.1) is 0 Å². The van der Waals surface area contributed by atoms with Gasteiger partial charge in [-0.2, -0.15) is 0 Å². The quantitative estimate of drug-likeness (QED) is 0.757. The summed E-state index contributed by atoms with van der Waals surface area (Å²) < 4.78 is 2.08. The zero-order valence-corrected chi connectivity index (χ0v) is 9.57. The van der Waals surface area contributed by atoms with Crippen molar-refractivity contribution in [2.24, 2.45) is 0 Å². The van der Waals surface area contributed by atoms with E-state index in [9.17, 15) is 4.79 Å². The molecule has 2 rings (SSSR count). The normalized spacial score (nSPS) is 20.8. The van der Waals surface area contributed by atoms with Crippen LogP contribution in [0, 0.1) is 6.92 Å². The van der Waals surface area contributed by atoms with Crippen molar-refractivity contribution < 1.29 is 4.79 Å². The first kappa shape index (κ1) is 11.1. The Balaban J connectivity index is 1.75. The molecule has 0 bridgehead atoms. The Bertz CT molecular complexity index is 361. The Morgan fingerprint density at radius 2 is 2.56 bits per heavy atom. The smallest absolute Gasteiger partial charge is 0.237 e. The van der Waals surface area contributed by atoms with Gasteiger partial charge in [-0.1, -0.05) is 0 Å². The lowest BCUT2D eigenvalue weighted by molar-refractivity contribution is -0.124. The second kappa shape index (κ2) is 5.12. The molecule has 0 aliphatic carbocycles. The highest BCUT2D eigenvalue weighted by atomic mass is 16.2. The van der Waals surface area contributed by atoms with Crippen LogP contribution in [0.5, 0.6) is 0 Å². The first-order valence-corrected chi connectivity index (χ1v) is 5.76. The van der Waals surface area contributed by atoms with Crippen molar-refractivity contribution >= 4 is 5.91 Å². The topological polar surface area (TPSA) is 59.0 Å². The summed E-state index contributed by atoms with van der Waals surface area (Å²) in [7, 11) is 0. The minimum atomic E-state index is -0.0161. The number of aromatic nitrogens is 2. The molecule has 5 heteroatoms. The van der Waals surface area contributed by atoms with E-state index in [1.165, 1.54) is 0 Å². The number of rotatable bonds is 4. The second-order valence-electron chi connectivity index (χ2n) is 4.11. The summed E-state index contributed by atoms with van der Waals surface area (Å²) >= 11 is 0. The first-order chi connectivity index (χ1) is 7.77. The van der Waals surface area contributed by atoms with Crippen molar-refractivity contribution in [2.75, 3.05) is 13.1 Å². The molecule has 0 spiro atoms. The van der Waals surface area contributed by atoms with Crippen LogP contribution in [0.3, 0.4) is 0 Å². The van der Waals surface area contributed by atoms with Gasteiger partial charge in [0, 0.05) is 32.0 Å². The molecule has 2 N–H and O–H groups in total. The highest BCUT2D eigenvalue weighted by molar-refractivity contribution is 5.82. The van der Waals surface area contributed by atoms with Crippen LogP contribution in [0.25, 0.3) is 0 Å². The highest BCUT2D eigenvalue weighted by Crippen LogP contribution is 2.02. The summed E-state index contributed by atoms with van der Waals surface area (Å²) in [5, 5.41) is 6.14. The van der Waals surface area contributed by atoms with E-state index < -0.39 is 0 Å². The molecule has 0 saturated carbocycles. The molecule has 2 heterocycles. The number of piperidine rings is 1. The van der Waals surface area contributed by atoms with Gasteiger partial charge in [-0.25, -0.2) is 4.98 Å². The highest BCUT2D eigenvalue weighted by Gasteiger charge is 2.20. The third-order valence-corrected chi connectivity index (χ3v) is 2.95. The van der Waals surface area contributed by atoms with Crippen LogP contribution in [0.1, 0.15) is 18.7 Å². The average Bonchev–Trinajstić information content (AvgIpc) is 2.67. The van der Waals surface area contributed by atoms with E-state index in [-0.39, 0.29) is 11.9 Å². The fraction of sp³-hybridized carbons (Fsp3) is 0.636. The lowest BCUT2D eigenvalue weighted by Gasteiger charge is -2.22. The lowest BCUT2D eigenvalue weighted by Crippen LogP contribution is -2.48. The molecule has 1 aliphatic heterocycles. The summed E-state index contributed by atoms with van der Waals surface area (Å²) in [5.74, 6) is 1.14. The molecule has 1 aromatic heterocycles. The number of carbonyl (C=O) groups is 1. The molecule has 88 valence electrons. The van der Waals surface area contributed by atoms with Crippen LogP contribution in [-0.4, -0.2) is 34.6 Å². The Labute approximate surface area is 95.2 Å². The van der Waals surface area contributed by atoms with E-state index in [1.54, 1.807) is 6.20 Å². The molecule has 1 amide bonds. The van der Waals surface area contributed by atoms with Gasteiger partial charge in [-0.3, -0.25) is 4.79 Å². The van der Waals surface area contributed by atoms with Crippen LogP contribution in [0.15, 0.2) is 12.4 Å². The van der Waals surface area contributed by atoms with Gasteiger partial charge in [0.25, 0.3) is 0 Å². The number of aryl methyl sites for hydroxylation is 1. The predicted octanol–water partition coefficient (Wildman–Crippen LogP) is 0.0597. The van der Waals surface area contributed by atoms with Gasteiger partial charge >= 0.3 is 0 Å². The largest absolute Gasteiger partial charge is 0.355 e. The van der Waals surface area contributed by atoms with E-state index in [2.05, 4.69) is 20.2 Å². The molecule has 1 saturated heterocycles. The maximum absolute atomic E-state index is 11.5. The SMILES string of the molecule is Cc1nccn1CCNC1CCCNC1=O. The molecule has 1 aromatic rings. The Morgan fingerprint density at radius 1 is 1.69 bits per heavy atom. The minimum absolute atomic E-state index is 0.0161. The van der Waals surface area contributed by atoms with Gasteiger partial charge in [0.2, 0.25) is 5.91 Å². The lowest BCUT2D eigenvalue weighted by atomic mass is 10.1. The minimum Gasteiger partial charge on any atom is -0.355 e. The van der Waals surface area contributed by atoms with E-state index >= 15 is 0 Å². The Kier molecular flexibility index (Phi) is 3.56. The Morgan fingerprint density at radius 3 is 3.25 bits per heavy atom. The van der Waals surface area contributed by atoms with Crippen LogP contribution >= 0.6 is 0 Å². The molecule has 5 nitrogen and oxygen atoms in total. The van der Waals surface area contributed by atoms with Crippen molar-refractivity contribution in [2.45, 2.75) is 32.4 Å². The third kappa shape index (κ3) is 2.61. The maximum atomic E-state index is 11.5. The van der Waals surface area contributed by atoms with Crippen molar-refractivity contribution in [1.29, 1.82) is 0 Å². The summed E-state index contributed by atoms with van der Waals surface area (Å²) in [6.07, 6.45) is 5.75. The van der Waals surface area contributed by atoms with Crippen LogP contribution < -0.4 is 10.6 Å². The van der Waals surface area contributed by atoms with E-state index in [1.807, 2.05) is 13.1 Å². The summed E-state index contributed by atoms with van der Waals surface area (Å²) in [6.45, 7) is 4.45. The standard InChI is InChI=1S/C11H18N4O/c1-9-12-5-7-15(9)8-6-13-10-3-2-4-14-11(10)16/h5,7,10,13H,2-4,6,8H2,1H3,(H,14,16). The number of amides is 1. The van der Waals surface area contributed by atoms with Gasteiger partial charge in [0.1, 0.15) is 5.82 Å². The van der Waals surface area contributed by atoms with E-state index in [0.29, 0.717) is 0 Å². The fourth-order valence-electron chi connectivity index (χ4n) is 1.97. The molecule has 0 aromatic carbocycles.